The summed E-state index contributed by atoms with van der Waals surface area (Å²) in [6, 6.07) is 0. The average molecular weight is 819 g/mol. The second-order valence-corrected chi connectivity index (χ2v) is 15.2. The Hall–Kier alpha value is -3.67. The van der Waals surface area contributed by atoms with Gasteiger partial charge in [-0.15, -0.1) is 0 Å². The van der Waals surface area contributed by atoms with E-state index in [2.05, 4.69) is 118 Å². The number of hydrogen-bond acceptors (Lipinski definition) is 6. The minimum Gasteiger partial charge on any atom is -0.462 e. The Kier molecular flexibility index (Phi) is 44.1. The van der Waals surface area contributed by atoms with Gasteiger partial charge in [-0.3, -0.25) is 14.4 Å². The Morgan fingerprint density at radius 3 is 1.14 bits per heavy atom. The van der Waals surface area contributed by atoms with Crippen LogP contribution < -0.4 is 0 Å². The molecule has 6 nitrogen and oxygen atoms in total. The third-order valence-electron chi connectivity index (χ3n) is 9.55. The molecule has 0 saturated carbocycles. The molecule has 0 N–H and O–H groups in total. The van der Waals surface area contributed by atoms with Gasteiger partial charge >= 0.3 is 17.9 Å². The van der Waals surface area contributed by atoms with E-state index in [1.54, 1.807) is 0 Å². The van der Waals surface area contributed by atoms with Gasteiger partial charge in [0.2, 0.25) is 0 Å². The van der Waals surface area contributed by atoms with Crippen molar-refractivity contribution in [2.75, 3.05) is 13.2 Å². The number of carbonyl (C=O) groups excluding carboxylic acids is 3. The lowest BCUT2D eigenvalue weighted by Gasteiger charge is -2.18. The predicted molar refractivity (Wildman–Crippen MR) is 251 cm³/mol. The molecule has 0 aliphatic rings. The molecule has 1 unspecified atom stereocenters. The molecule has 1 atom stereocenters. The van der Waals surface area contributed by atoms with Crippen molar-refractivity contribution < 1.29 is 28.6 Å². The molecule has 0 bridgehead atoms. The number of allylic oxidation sites excluding steroid dienone is 16. The van der Waals surface area contributed by atoms with Crippen LogP contribution in [0.1, 0.15) is 201 Å². The van der Waals surface area contributed by atoms with Crippen LogP contribution in [0.25, 0.3) is 0 Å². The molecule has 0 aliphatic carbocycles. The Bertz CT molecular complexity index is 1220. The van der Waals surface area contributed by atoms with Crippen molar-refractivity contribution in [2.45, 2.75) is 207 Å². The highest BCUT2D eigenvalue weighted by Gasteiger charge is 2.19. The fourth-order valence-electron chi connectivity index (χ4n) is 6.04. The fraction of sp³-hybridized carbons (Fsp3) is 0.642. The van der Waals surface area contributed by atoms with Crippen molar-refractivity contribution in [1.29, 1.82) is 0 Å². The van der Waals surface area contributed by atoms with Crippen molar-refractivity contribution in [3.8, 4) is 0 Å². The summed E-state index contributed by atoms with van der Waals surface area (Å²) in [5.41, 5.74) is 0. The highest BCUT2D eigenvalue weighted by Crippen LogP contribution is 2.12. The lowest BCUT2D eigenvalue weighted by Crippen LogP contribution is -2.30. The van der Waals surface area contributed by atoms with E-state index < -0.39 is 6.10 Å². The van der Waals surface area contributed by atoms with Crippen LogP contribution in [0.4, 0.5) is 0 Å². The maximum absolute atomic E-state index is 12.7. The Balaban J connectivity index is 4.47. The molecule has 0 aromatic heterocycles. The molecule has 0 amide bonds. The number of rotatable bonds is 41. The average Bonchev–Trinajstić information content (AvgIpc) is 3.23. The standard InChI is InChI=1S/C53H86O6/c1-4-7-10-13-16-19-21-23-25-27-29-31-34-37-40-43-46-52(55)58-49-50(48-57-51(54)45-42-39-36-33-18-15-12-9-6-3)59-53(56)47-44-41-38-35-32-30-28-26-24-22-20-17-14-11-8-5-2/h7-8,10-11,16-17,19-20,23-26,29,31,33,36,50H,4-6,9,12-15,18,21-22,27-28,30,32,34-35,37-49H2,1-3H3/b10-7-,11-8-,19-16-,20-17-,25-23-,26-24-,31-29-,36-33-. The molecule has 0 aromatic rings. The number of carbonyl (C=O) groups is 3. The zero-order chi connectivity index (χ0) is 43.0. The van der Waals surface area contributed by atoms with Crippen LogP contribution in [-0.2, 0) is 28.6 Å². The van der Waals surface area contributed by atoms with E-state index in [4.69, 9.17) is 14.2 Å². The fourth-order valence-corrected chi connectivity index (χ4v) is 6.04. The van der Waals surface area contributed by atoms with Crippen molar-refractivity contribution in [2.24, 2.45) is 0 Å². The Morgan fingerprint density at radius 2 is 0.678 bits per heavy atom. The number of hydrogen-bond donors (Lipinski definition) is 0. The second kappa shape index (κ2) is 47.0. The predicted octanol–water partition coefficient (Wildman–Crippen LogP) is 15.4. The summed E-state index contributed by atoms with van der Waals surface area (Å²) < 4.78 is 16.7. The van der Waals surface area contributed by atoms with E-state index in [1.165, 1.54) is 38.5 Å². The Morgan fingerprint density at radius 1 is 0.356 bits per heavy atom. The lowest BCUT2D eigenvalue weighted by molar-refractivity contribution is -0.167. The SMILES string of the molecule is CC/C=C\C/C=C\C/C=C\C/C=C\CCCCCC(=O)OCC(COC(=O)CCC/C=C\CCCCCC)OC(=O)CCCCCCCC/C=C\C/C=C\C/C=C\CC. The minimum absolute atomic E-state index is 0.110. The van der Waals surface area contributed by atoms with Gasteiger partial charge in [0.15, 0.2) is 6.10 Å². The quantitative estimate of drug-likeness (QED) is 0.0265. The zero-order valence-corrected chi connectivity index (χ0v) is 38.0. The monoisotopic (exact) mass is 819 g/mol. The minimum atomic E-state index is -0.807. The van der Waals surface area contributed by atoms with Crippen LogP contribution in [-0.4, -0.2) is 37.2 Å². The number of unbranched alkanes of at least 4 members (excludes halogenated alkanes) is 14. The maximum atomic E-state index is 12.7. The van der Waals surface area contributed by atoms with E-state index in [0.717, 1.165) is 116 Å². The topological polar surface area (TPSA) is 78.9 Å². The first-order chi connectivity index (χ1) is 29.0. The third-order valence-corrected chi connectivity index (χ3v) is 9.55. The molecule has 0 aromatic carbocycles. The van der Waals surface area contributed by atoms with E-state index in [0.29, 0.717) is 25.7 Å². The van der Waals surface area contributed by atoms with Gasteiger partial charge in [0.1, 0.15) is 13.2 Å². The molecule has 0 radical (unpaired) electrons. The number of ether oxygens (including phenoxy) is 3. The van der Waals surface area contributed by atoms with Gasteiger partial charge in [-0.05, 0) is 109 Å². The molecule has 0 spiro atoms. The van der Waals surface area contributed by atoms with Crippen molar-refractivity contribution in [1.82, 2.24) is 0 Å². The largest absolute Gasteiger partial charge is 0.462 e. The summed E-state index contributed by atoms with van der Waals surface area (Å²) in [4.78, 5) is 37.8. The molecule has 0 heterocycles. The third kappa shape index (κ3) is 45.3. The van der Waals surface area contributed by atoms with Gasteiger partial charge < -0.3 is 14.2 Å². The first kappa shape index (κ1) is 55.3. The van der Waals surface area contributed by atoms with Gasteiger partial charge in [-0.1, -0.05) is 169 Å². The molecule has 0 rings (SSSR count). The van der Waals surface area contributed by atoms with Gasteiger partial charge in [0.05, 0.1) is 0 Å². The molecule has 0 saturated heterocycles. The van der Waals surface area contributed by atoms with E-state index in [9.17, 15) is 14.4 Å². The van der Waals surface area contributed by atoms with Crippen molar-refractivity contribution in [3.63, 3.8) is 0 Å². The van der Waals surface area contributed by atoms with Crippen LogP contribution in [0.5, 0.6) is 0 Å². The van der Waals surface area contributed by atoms with Crippen LogP contribution in [0.2, 0.25) is 0 Å². The van der Waals surface area contributed by atoms with E-state index in [1.807, 2.05) is 0 Å². The van der Waals surface area contributed by atoms with E-state index in [-0.39, 0.29) is 31.1 Å². The molecule has 334 valence electrons. The van der Waals surface area contributed by atoms with Gasteiger partial charge in [-0.25, -0.2) is 0 Å². The summed E-state index contributed by atoms with van der Waals surface area (Å²) in [5, 5.41) is 0. The van der Waals surface area contributed by atoms with E-state index >= 15 is 0 Å². The molecule has 59 heavy (non-hydrogen) atoms. The van der Waals surface area contributed by atoms with Crippen LogP contribution in [0.15, 0.2) is 97.2 Å². The van der Waals surface area contributed by atoms with Crippen LogP contribution >= 0.6 is 0 Å². The second-order valence-electron chi connectivity index (χ2n) is 15.2. The zero-order valence-electron chi connectivity index (χ0n) is 38.0. The summed E-state index contributed by atoms with van der Waals surface area (Å²) in [6.07, 6.45) is 61.1. The maximum Gasteiger partial charge on any atom is 0.306 e. The molecular formula is C53H86O6. The first-order valence-corrected chi connectivity index (χ1v) is 23.7. The molecule has 0 aliphatic heterocycles. The summed E-state index contributed by atoms with van der Waals surface area (Å²) in [6.45, 7) is 6.29. The normalized spacial score (nSPS) is 12.9. The summed E-state index contributed by atoms with van der Waals surface area (Å²) >= 11 is 0. The molecule has 0 fully saturated rings. The van der Waals surface area contributed by atoms with Gasteiger partial charge in [-0.2, -0.15) is 0 Å². The Labute approximate surface area is 362 Å². The molecule has 6 heteroatoms. The van der Waals surface area contributed by atoms with Crippen LogP contribution in [0.3, 0.4) is 0 Å². The summed E-state index contributed by atoms with van der Waals surface area (Å²) in [7, 11) is 0. The lowest BCUT2D eigenvalue weighted by atomic mass is 10.1. The molecular weight excluding hydrogens is 733 g/mol. The first-order valence-electron chi connectivity index (χ1n) is 23.7. The van der Waals surface area contributed by atoms with Crippen molar-refractivity contribution >= 4 is 17.9 Å². The highest BCUT2D eigenvalue weighted by molar-refractivity contribution is 5.71. The highest BCUT2D eigenvalue weighted by atomic mass is 16.6. The number of esters is 3. The van der Waals surface area contributed by atoms with Gasteiger partial charge in [0, 0.05) is 19.3 Å². The smallest absolute Gasteiger partial charge is 0.306 e. The van der Waals surface area contributed by atoms with Gasteiger partial charge in [0.25, 0.3) is 0 Å². The van der Waals surface area contributed by atoms with Crippen molar-refractivity contribution in [3.05, 3.63) is 97.2 Å². The van der Waals surface area contributed by atoms with Crippen LogP contribution in [0, 0.1) is 0 Å². The summed E-state index contributed by atoms with van der Waals surface area (Å²) in [5.74, 6) is -0.995.